The Morgan fingerprint density at radius 3 is 2.65 bits per heavy atom. The van der Waals surface area contributed by atoms with E-state index in [2.05, 4.69) is 66.3 Å². The first-order valence-electron chi connectivity index (χ1n) is 6.68. The SMILES string of the molecule is CCCCC(CC)N[C@H](C)c1cccc(Br)c1. The van der Waals surface area contributed by atoms with Gasteiger partial charge in [0.25, 0.3) is 0 Å². The van der Waals surface area contributed by atoms with E-state index in [0.29, 0.717) is 12.1 Å². The summed E-state index contributed by atoms with van der Waals surface area (Å²) in [4.78, 5) is 0. The molecule has 1 rings (SSSR count). The summed E-state index contributed by atoms with van der Waals surface area (Å²) >= 11 is 3.53. The highest BCUT2D eigenvalue weighted by atomic mass is 79.9. The molecular formula is C15H24BrN. The Balaban J connectivity index is 2.54. The third-order valence-electron chi connectivity index (χ3n) is 3.23. The Morgan fingerprint density at radius 2 is 2.06 bits per heavy atom. The highest BCUT2D eigenvalue weighted by molar-refractivity contribution is 9.10. The second kappa shape index (κ2) is 7.88. The Hall–Kier alpha value is -0.340. The molecule has 1 aromatic carbocycles. The first-order valence-corrected chi connectivity index (χ1v) is 7.48. The summed E-state index contributed by atoms with van der Waals surface area (Å²) in [5.74, 6) is 0. The summed E-state index contributed by atoms with van der Waals surface area (Å²) in [5.41, 5.74) is 1.36. The van der Waals surface area contributed by atoms with Crippen LogP contribution >= 0.6 is 15.9 Å². The molecule has 0 saturated heterocycles. The van der Waals surface area contributed by atoms with Crippen LogP contribution in [-0.2, 0) is 0 Å². The normalized spacial score (nSPS) is 14.6. The minimum atomic E-state index is 0.425. The maximum absolute atomic E-state index is 3.72. The molecule has 0 aliphatic heterocycles. The van der Waals surface area contributed by atoms with Crippen molar-refractivity contribution in [2.45, 2.75) is 58.5 Å². The van der Waals surface area contributed by atoms with Crippen LogP contribution in [0, 0.1) is 0 Å². The number of hydrogen-bond donors (Lipinski definition) is 1. The van der Waals surface area contributed by atoms with Crippen LogP contribution < -0.4 is 5.32 Å². The Labute approximate surface area is 114 Å². The third-order valence-corrected chi connectivity index (χ3v) is 3.73. The summed E-state index contributed by atoms with van der Waals surface area (Å²) in [6, 6.07) is 9.63. The quantitative estimate of drug-likeness (QED) is 0.741. The molecular weight excluding hydrogens is 274 g/mol. The second-order valence-corrected chi connectivity index (χ2v) is 5.61. The molecule has 0 aromatic heterocycles. The van der Waals surface area contributed by atoms with Crippen LogP contribution in [-0.4, -0.2) is 6.04 Å². The van der Waals surface area contributed by atoms with Crippen molar-refractivity contribution in [3.8, 4) is 0 Å². The van der Waals surface area contributed by atoms with Gasteiger partial charge in [-0.3, -0.25) is 0 Å². The zero-order valence-electron chi connectivity index (χ0n) is 11.2. The van der Waals surface area contributed by atoms with Crippen LogP contribution in [0.25, 0.3) is 0 Å². The van der Waals surface area contributed by atoms with Crippen molar-refractivity contribution >= 4 is 15.9 Å². The minimum Gasteiger partial charge on any atom is -0.307 e. The van der Waals surface area contributed by atoms with Gasteiger partial charge in [0.15, 0.2) is 0 Å². The van der Waals surface area contributed by atoms with E-state index < -0.39 is 0 Å². The molecule has 0 spiro atoms. The summed E-state index contributed by atoms with van der Waals surface area (Å²) in [5, 5.41) is 3.72. The topological polar surface area (TPSA) is 12.0 Å². The maximum atomic E-state index is 3.72. The Kier molecular flexibility index (Phi) is 6.83. The van der Waals surface area contributed by atoms with Crippen molar-refractivity contribution in [3.63, 3.8) is 0 Å². The third kappa shape index (κ3) is 5.22. The lowest BCUT2D eigenvalue weighted by atomic mass is 10.0. The van der Waals surface area contributed by atoms with Crippen molar-refractivity contribution in [1.29, 1.82) is 0 Å². The predicted octanol–water partition coefficient (Wildman–Crippen LogP) is 5.07. The van der Waals surface area contributed by atoms with Gasteiger partial charge in [-0.1, -0.05) is 54.8 Å². The van der Waals surface area contributed by atoms with E-state index in [1.165, 1.54) is 31.2 Å². The lowest BCUT2D eigenvalue weighted by Crippen LogP contribution is -2.30. The second-order valence-electron chi connectivity index (χ2n) is 4.69. The van der Waals surface area contributed by atoms with Gasteiger partial charge >= 0.3 is 0 Å². The number of hydrogen-bond acceptors (Lipinski definition) is 1. The Morgan fingerprint density at radius 1 is 1.29 bits per heavy atom. The highest BCUT2D eigenvalue weighted by Crippen LogP contribution is 2.19. The number of unbranched alkanes of at least 4 members (excludes halogenated alkanes) is 1. The molecule has 0 aliphatic carbocycles. The molecule has 17 heavy (non-hydrogen) atoms. The van der Waals surface area contributed by atoms with E-state index in [4.69, 9.17) is 0 Å². The fourth-order valence-corrected chi connectivity index (χ4v) is 2.50. The van der Waals surface area contributed by atoms with E-state index in [-0.39, 0.29) is 0 Å². The molecule has 0 radical (unpaired) electrons. The predicted molar refractivity (Wildman–Crippen MR) is 79.3 cm³/mol. The van der Waals surface area contributed by atoms with Crippen LogP contribution in [0.1, 0.15) is 58.1 Å². The standard InChI is InChI=1S/C15H24BrN/c1-4-6-10-15(5-2)17-12(3)13-8-7-9-14(16)11-13/h7-9,11-12,15,17H,4-6,10H2,1-3H3/t12-,15?/m1/s1. The van der Waals surface area contributed by atoms with Gasteiger partial charge in [0, 0.05) is 16.6 Å². The smallest absolute Gasteiger partial charge is 0.0294 e. The molecule has 2 atom stereocenters. The van der Waals surface area contributed by atoms with Gasteiger partial charge in [0.2, 0.25) is 0 Å². The number of nitrogens with one attached hydrogen (secondary N) is 1. The van der Waals surface area contributed by atoms with Gasteiger partial charge in [-0.2, -0.15) is 0 Å². The molecule has 0 amide bonds. The van der Waals surface area contributed by atoms with Crippen LogP contribution in [0.3, 0.4) is 0 Å². The van der Waals surface area contributed by atoms with Crippen LogP contribution in [0.2, 0.25) is 0 Å². The zero-order valence-corrected chi connectivity index (χ0v) is 12.8. The van der Waals surface area contributed by atoms with Crippen molar-refractivity contribution < 1.29 is 0 Å². The number of rotatable bonds is 7. The van der Waals surface area contributed by atoms with E-state index >= 15 is 0 Å². The molecule has 1 unspecified atom stereocenters. The lowest BCUT2D eigenvalue weighted by Gasteiger charge is -2.22. The number of benzene rings is 1. The summed E-state index contributed by atoms with van der Waals surface area (Å²) in [6.07, 6.45) is 5.09. The minimum absolute atomic E-state index is 0.425. The molecule has 2 heteroatoms. The van der Waals surface area contributed by atoms with Gasteiger partial charge in [-0.25, -0.2) is 0 Å². The van der Waals surface area contributed by atoms with E-state index in [0.717, 1.165) is 4.47 Å². The average Bonchev–Trinajstić information content (AvgIpc) is 2.34. The summed E-state index contributed by atoms with van der Waals surface area (Å²) in [6.45, 7) is 6.77. The van der Waals surface area contributed by atoms with E-state index in [9.17, 15) is 0 Å². The van der Waals surface area contributed by atoms with Crippen molar-refractivity contribution in [1.82, 2.24) is 5.32 Å². The van der Waals surface area contributed by atoms with E-state index in [1.54, 1.807) is 0 Å². The molecule has 96 valence electrons. The van der Waals surface area contributed by atoms with Gasteiger partial charge in [-0.05, 0) is 37.5 Å². The molecule has 1 nitrogen and oxygen atoms in total. The maximum Gasteiger partial charge on any atom is 0.0294 e. The van der Waals surface area contributed by atoms with Crippen LogP contribution in [0.15, 0.2) is 28.7 Å². The molecule has 1 N–H and O–H groups in total. The molecule has 0 aliphatic rings. The summed E-state index contributed by atoms with van der Waals surface area (Å²) < 4.78 is 1.16. The van der Waals surface area contributed by atoms with Crippen molar-refractivity contribution in [2.75, 3.05) is 0 Å². The molecule has 0 fully saturated rings. The Bertz CT molecular complexity index is 324. The highest BCUT2D eigenvalue weighted by Gasteiger charge is 2.11. The van der Waals surface area contributed by atoms with Gasteiger partial charge in [0.1, 0.15) is 0 Å². The largest absolute Gasteiger partial charge is 0.307 e. The zero-order chi connectivity index (χ0) is 12.7. The van der Waals surface area contributed by atoms with Crippen molar-refractivity contribution in [2.24, 2.45) is 0 Å². The van der Waals surface area contributed by atoms with Crippen LogP contribution in [0.4, 0.5) is 0 Å². The van der Waals surface area contributed by atoms with Gasteiger partial charge < -0.3 is 5.32 Å². The summed E-state index contributed by atoms with van der Waals surface area (Å²) in [7, 11) is 0. The van der Waals surface area contributed by atoms with E-state index in [1.807, 2.05) is 0 Å². The van der Waals surface area contributed by atoms with Crippen molar-refractivity contribution in [3.05, 3.63) is 34.3 Å². The lowest BCUT2D eigenvalue weighted by molar-refractivity contribution is 0.410. The molecule has 1 aromatic rings. The molecule has 0 saturated carbocycles. The fourth-order valence-electron chi connectivity index (χ4n) is 2.08. The molecule has 0 bridgehead atoms. The van der Waals surface area contributed by atoms with Gasteiger partial charge in [0.05, 0.1) is 0 Å². The van der Waals surface area contributed by atoms with Crippen LogP contribution in [0.5, 0.6) is 0 Å². The average molecular weight is 298 g/mol. The fraction of sp³-hybridized carbons (Fsp3) is 0.600. The molecule has 0 heterocycles. The number of halogens is 1. The van der Waals surface area contributed by atoms with Gasteiger partial charge in [-0.15, -0.1) is 0 Å². The first kappa shape index (κ1) is 14.7. The first-order chi connectivity index (χ1) is 8.17. The monoisotopic (exact) mass is 297 g/mol.